The third-order valence-electron chi connectivity index (χ3n) is 15.7. The summed E-state index contributed by atoms with van der Waals surface area (Å²) < 4.78 is 31.9. The third kappa shape index (κ3) is 19.8. The molecule has 0 spiro atoms. The Morgan fingerprint density at radius 2 is 1.00 bits per heavy atom. The number of carboxylic acid groups (broad SMARTS) is 1. The van der Waals surface area contributed by atoms with Crippen LogP contribution < -0.4 is 30.7 Å². The van der Waals surface area contributed by atoms with Crippen LogP contribution in [0.3, 0.4) is 0 Å². The molecule has 4 heterocycles. The number of carbonyl (C=O) groups is 6. The molecule has 2 saturated heterocycles. The van der Waals surface area contributed by atoms with Crippen molar-refractivity contribution in [2.45, 2.75) is 113 Å². The summed E-state index contributed by atoms with van der Waals surface area (Å²) in [6.45, 7) is 2.48. The molecule has 2 aromatic heterocycles. The standard InChI is InChI=1S/C33H42N4O6S.C32H40N4O6S/c1-41-27-12-10-25(11-13-27)21-37-23-34-20-26(37)19-30(38)33(15-7-16-35-33)22-43-29(18-24-8-5-4-6-9-24)31(39)36-28(14-17-44-3)32(40)42-2;1-41-26-11-9-24(10-12-26)20-36-22-33-19-25(36)18-29(37)32(14-6-15-34-32)21-42-28(17-23-7-4-3-5-8-23)30(38)35-27(31(39)40)13-16-43-2/h4-6,8-13,20,23,28-29,35H,7,14-19,21-22H2,1-3H3,(H,36,39);3-5,7-12,19,22,27-28,34H,6,13-18,20-21H2,1-2H3,(H,35,38)(H,39,40)/t28-,29?,33+;27-,28?,32+/m11/s1. The molecule has 4 aromatic carbocycles. The van der Waals surface area contributed by atoms with E-state index in [0.717, 1.165) is 58.0 Å². The molecule has 2 fully saturated rings. The second-order valence-corrected chi connectivity index (χ2v) is 23.6. The lowest BCUT2D eigenvalue weighted by atomic mass is 9.90. The average Bonchev–Trinajstić information content (AvgIpc) is 2.52. The van der Waals surface area contributed by atoms with Crippen LogP contribution in [0.25, 0.3) is 0 Å². The Morgan fingerprint density at radius 1 is 0.586 bits per heavy atom. The number of benzene rings is 4. The number of methoxy groups -OCH3 is 3. The molecule has 22 heteroatoms. The van der Waals surface area contributed by atoms with Gasteiger partial charge in [0.1, 0.15) is 46.9 Å². The van der Waals surface area contributed by atoms with Crippen molar-refractivity contribution in [1.82, 2.24) is 40.4 Å². The number of Topliss-reactive ketones (excluding diaryl/α,β-unsaturated/α-hetero) is 2. The highest BCUT2D eigenvalue weighted by Crippen LogP contribution is 2.27. The van der Waals surface area contributed by atoms with Crippen molar-refractivity contribution in [3.05, 3.63) is 168 Å². The Morgan fingerprint density at radius 3 is 1.37 bits per heavy atom. The van der Waals surface area contributed by atoms with Gasteiger partial charge in [0.25, 0.3) is 0 Å². The number of carboxylic acids is 1. The fraction of sp³-hybridized carbons (Fsp3) is 0.446. The molecule has 5 N–H and O–H groups in total. The van der Waals surface area contributed by atoms with Crippen LogP contribution in [0.15, 0.2) is 134 Å². The highest BCUT2D eigenvalue weighted by atomic mass is 32.2. The van der Waals surface area contributed by atoms with E-state index in [1.807, 2.05) is 131 Å². The molecule has 0 radical (unpaired) electrons. The molecule has 87 heavy (non-hydrogen) atoms. The lowest BCUT2D eigenvalue weighted by Crippen LogP contribution is -2.54. The number of nitrogens with one attached hydrogen (secondary N) is 4. The summed E-state index contributed by atoms with van der Waals surface area (Å²) in [7, 11) is 4.57. The number of ketones is 2. The van der Waals surface area contributed by atoms with Crippen LogP contribution in [-0.4, -0.2) is 167 Å². The molecule has 0 bridgehead atoms. The van der Waals surface area contributed by atoms with Gasteiger partial charge in [0.2, 0.25) is 11.8 Å². The highest BCUT2D eigenvalue weighted by Gasteiger charge is 2.44. The number of amides is 2. The maximum atomic E-state index is 13.9. The summed E-state index contributed by atoms with van der Waals surface area (Å²) in [5.74, 6) is 0.276. The monoisotopic (exact) mass is 1230 g/mol. The van der Waals surface area contributed by atoms with Crippen molar-refractivity contribution in [3.8, 4) is 11.5 Å². The van der Waals surface area contributed by atoms with Crippen LogP contribution in [0.4, 0.5) is 0 Å². The van der Waals surface area contributed by atoms with E-state index in [0.29, 0.717) is 69.8 Å². The van der Waals surface area contributed by atoms with Gasteiger partial charge in [0, 0.05) is 49.7 Å². The number of esters is 1. The molecule has 8 rings (SSSR count). The van der Waals surface area contributed by atoms with Crippen molar-refractivity contribution in [3.63, 3.8) is 0 Å². The number of aliphatic carboxylic acids is 1. The highest BCUT2D eigenvalue weighted by molar-refractivity contribution is 7.98. The Labute approximate surface area is 518 Å². The summed E-state index contributed by atoms with van der Waals surface area (Å²) in [4.78, 5) is 87.6. The zero-order chi connectivity index (χ0) is 62.0. The normalized spacial score (nSPS) is 17.6. The summed E-state index contributed by atoms with van der Waals surface area (Å²) in [5, 5.41) is 21.9. The summed E-state index contributed by atoms with van der Waals surface area (Å²) >= 11 is 3.10. The minimum Gasteiger partial charge on any atom is -0.497 e. The van der Waals surface area contributed by atoms with Crippen molar-refractivity contribution in [1.29, 1.82) is 0 Å². The first-order valence-electron chi connectivity index (χ1n) is 29.2. The lowest BCUT2D eigenvalue weighted by molar-refractivity contribution is -0.147. The summed E-state index contributed by atoms with van der Waals surface area (Å²) in [5.41, 5.74) is 3.58. The van der Waals surface area contributed by atoms with E-state index in [4.69, 9.17) is 23.7 Å². The number of imidazole rings is 2. The van der Waals surface area contributed by atoms with E-state index in [9.17, 15) is 33.9 Å². The van der Waals surface area contributed by atoms with E-state index in [1.54, 1.807) is 51.0 Å². The molecule has 466 valence electrons. The molecule has 0 saturated carbocycles. The van der Waals surface area contributed by atoms with Crippen LogP contribution in [0, 0.1) is 0 Å². The van der Waals surface area contributed by atoms with Gasteiger partial charge in [-0.2, -0.15) is 23.5 Å². The van der Waals surface area contributed by atoms with Gasteiger partial charge in [0.05, 0.1) is 60.0 Å². The molecular formula is C65H82N8O12S2. The molecule has 6 atom stereocenters. The number of carbonyl (C=O) groups excluding carboxylic acids is 5. The molecular weight excluding hydrogens is 1150 g/mol. The first-order valence-corrected chi connectivity index (χ1v) is 32.0. The molecule has 6 aromatic rings. The summed E-state index contributed by atoms with van der Waals surface area (Å²) in [6, 6.07) is 32.7. The molecule has 20 nitrogen and oxygen atoms in total. The first kappa shape index (κ1) is 67.2. The van der Waals surface area contributed by atoms with Crippen LogP contribution >= 0.6 is 23.5 Å². The largest absolute Gasteiger partial charge is 0.497 e. The molecule has 0 aliphatic carbocycles. The zero-order valence-corrected chi connectivity index (χ0v) is 51.9. The van der Waals surface area contributed by atoms with Crippen LogP contribution in [0.1, 0.15) is 72.2 Å². The average molecular weight is 1230 g/mol. The number of thioether (sulfide) groups is 2. The van der Waals surface area contributed by atoms with Gasteiger partial charge >= 0.3 is 11.9 Å². The van der Waals surface area contributed by atoms with Crippen LogP contribution in [-0.2, 0) is 81.8 Å². The molecule has 2 unspecified atom stereocenters. The number of rotatable bonds is 34. The van der Waals surface area contributed by atoms with E-state index < -0.39 is 59.1 Å². The predicted molar refractivity (Wildman–Crippen MR) is 335 cm³/mol. The third-order valence-corrected chi connectivity index (χ3v) is 17.0. The van der Waals surface area contributed by atoms with Crippen LogP contribution in [0.2, 0.25) is 0 Å². The van der Waals surface area contributed by atoms with Crippen LogP contribution in [0.5, 0.6) is 11.5 Å². The fourth-order valence-electron chi connectivity index (χ4n) is 10.5. The van der Waals surface area contributed by atoms with Crippen molar-refractivity contribution >= 4 is 58.8 Å². The van der Waals surface area contributed by atoms with Gasteiger partial charge in [-0.25, -0.2) is 19.6 Å². The lowest BCUT2D eigenvalue weighted by Gasteiger charge is -2.30. The number of hydrogen-bond acceptors (Lipinski definition) is 17. The van der Waals surface area contributed by atoms with Gasteiger partial charge in [0.15, 0.2) is 11.6 Å². The minimum absolute atomic E-state index is 0.00802. The van der Waals surface area contributed by atoms with E-state index in [-0.39, 0.29) is 44.0 Å². The second-order valence-electron chi connectivity index (χ2n) is 21.7. The number of ether oxygens (including phenoxy) is 5. The zero-order valence-electron chi connectivity index (χ0n) is 50.3. The Kier molecular flexibility index (Phi) is 26.5. The van der Waals surface area contributed by atoms with Crippen molar-refractivity contribution in [2.75, 3.05) is 71.6 Å². The minimum atomic E-state index is -1.09. The van der Waals surface area contributed by atoms with E-state index >= 15 is 0 Å². The number of aromatic nitrogens is 4. The van der Waals surface area contributed by atoms with Gasteiger partial charge in [-0.15, -0.1) is 0 Å². The fourth-order valence-corrected chi connectivity index (χ4v) is 11.5. The Bertz CT molecular complexity index is 3120. The summed E-state index contributed by atoms with van der Waals surface area (Å²) in [6.07, 6.45) is 13.2. The Hall–Kier alpha value is -7.34. The van der Waals surface area contributed by atoms with Gasteiger partial charge < -0.3 is 59.2 Å². The van der Waals surface area contributed by atoms with Crippen molar-refractivity contribution < 1.29 is 57.6 Å². The number of nitrogens with zero attached hydrogens (tertiary/aromatic N) is 4. The molecule has 2 amide bonds. The quantitative estimate of drug-likeness (QED) is 0.0277. The molecule has 2 aliphatic heterocycles. The van der Waals surface area contributed by atoms with E-state index in [1.165, 1.54) is 18.9 Å². The SMILES string of the molecule is COC(=O)[C@@H](CCSC)NC(=O)C(Cc1ccccc1)OC[C@]1(C(=O)Cc2cncn2Cc2ccc(OC)cc2)CCCN1.COc1ccc(Cn2cncc2CC(=O)[C@@]2(COC(Cc3ccccc3)C(=O)N[C@H](CCSC)C(=O)O)CCCN2)cc1. The Balaban J connectivity index is 0.000000249. The van der Waals surface area contributed by atoms with Crippen molar-refractivity contribution in [2.24, 2.45) is 0 Å². The topological polar surface area (TPSA) is 253 Å². The van der Waals surface area contributed by atoms with Gasteiger partial charge in [-0.3, -0.25) is 19.2 Å². The number of hydrogen-bond donors (Lipinski definition) is 5. The van der Waals surface area contributed by atoms with Gasteiger partial charge in [-0.1, -0.05) is 84.9 Å². The smallest absolute Gasteiger partial charge is 0.328 e. The first-order chi connectivity index (χ1) is 42.2. The maximum absolute atomic E-state index is 13.9. The second kappa shape index (κ2) is 34.3. The maximum Gasteiger partial charge on any atom is 0.328 e. The van der Waals surface area contributed by atoms with Gasteiger partial charge in [-0.05, 0) is 122 Å². The van der Waals surface area contributed by atoms with E-state index in [2.05, 4.69) is 31.2 Å². The predicted octanol–water partition coefficient (Wildman–Crippen LogP) is 6.34. The molecule has 2 aliphatic rings.